The number of ether oxygens (including phenoxy) is 2. The fourth-order valence-electron chi connectivity index (χ4n) is 1.39. The van der Waals surface area contributed by atoms with E-state index in [0.29, 0.717) is 5.56 Å². The molecule has 0 spiro atoms. The molecule has 0 saturated heterocycles. The Morgan fingerprint density at radius 2 is 1.41 bits per heavy atom. The fraction of sp³-hybridized carbons (Fsp3) is 0.500. The third-order valence-corrected chi connectivity index (χ3v) is 2.06. The van der Waals surface area contributed by atoms with Crippen molar-refractivity contribution in [3.05, 3.63) is 35.9 Å². The number of benzene rings is 1. The summed E-state index contributed by atoms with van der Waals surface area (Å²) in [4.78, 5) is 12.2. The molecule has 0 atom stereocenters. The van der Waals surface area contributed by atoms with Gasteiger partial charge in [-0.25, -0.2) is 0 Å². The Morgan fingerprint density at radius 1 is 0.941 bits per heavy atom. The van der Waals surface area contributed by atoms with Crippen LogP contribution in [-0.2, 0) is 9.47 Å². The van der Waals surface area contributed by atoms with Crippen molar-refractivity contribution in [1.82, 2.24) is 0 Å². The Labute approximate surface area is 103 Å². The minimum absolute atomic E-state index is 0.0496. The van der Waals surface area contributed by atoms with Crippen LogP contribution in [0.3, 0.4) is 0 Å². The van der Waals surface area contributed by atoms with Gasteiger partial charge in [-0.1, -0.05) is 30.3 Å². The molecule has 3 nitrogen and oxygen atoms in total. The maximum Gasteiger partial charge on any atom is 0.223 e. The number of ketones is 1. The molecule has 0 aliphatic carbocycles. The Morgan fingerprint density at radius 3 is 1.82 bits per heavy atom. The Hall–Kier alpha value is -1.19. The molecule has 0 aliphatic rings. The molecule has 0 amide bonds. The van der Waals surface area contributed by atoms with E-state index in [-0.39, 0.29) is 18.0 Å². The molecule has 0 unspecified atom stereocenters. The maximum absolute atomic E-state index is 12.2. The van der Waals surface area contributed by atoms with Crippen LogP contribution in [0.15, 0.2) is 30.3 Å². The maximum atomic E-state index is 12.2. The standard InChI is InChI=1S/C14H20O3/c1-10(2)16-14(17-11(3)4)13(15)12-8-6-5-7-9-12/h5-11,14H,1-4H3. The highest BCUT2D eigenvalue weighted by molar-refractivity contribution is 5.98. The van der Waals surface area contributed by atoms with Crippen molar-refractivity contribution >= 4 is 5.78 Å². The summed E-state index contributed by atoms with van der Waals surface area (Å²) in [5.74, 6) is -0.131. The van der Waals surface area contributed by atoms with E-state index >= 15 is 0 Å². The van der Waals surface area contributed by atoms with Crippen LogP contribution < -0.4 is 0 Å². The van der Waals surface area contributed by atoms with E-state index in [2.05, 4.69) is 0 Å². The summed E-state index contributed by atoms with van der Waals surface area (Å²) in [6.45, 7) is 7.54. The lowest BCUT2D eigenvalue weighted by molar-refractivity contribution is -0.152. The van der Waals surface area contributed by atoms with Gasteiger partial charge in [-0.05, 0) is 27.7 Å². The molecule has 0 N–H and O–H groups in total. The average molecular weight is 236 g/mol. The molecule has 0 heterocycles. The molecule has 1 rings (SSSR count). The highest BCUT2D eigenvalue weighted by Gasteiger charge is 2.23. The van der Waals surface area contributed by atoms with E-state index < -0.39 is 6.29 Å². The summed E-state index contributed by atoms with van der Waals surface area (Å²) in [6, 6.07) is 9.06. The summed E-state index contributed by atoms with van der Waals surface area (Å²) < 4.78 is 11.0. The number of Topliss-reactive ketones (excluding diaryl/α,β-unsaturated/α-hetero) is 1. The third kappa shape index (κ3) is 4.67. The summed E-state index contributed by atoms with van der Waals surface area (Å²) in [5, 5.41) is 0. The molecule has 0 radical (unpaired) electrons. The second kappa shape index (κ2) is 6.52. The van der Waals surface area contributed by atoms with Crippen molar-refractivity contribution in [3.8, 4) is 0 Å². The van der Waals surface area contributed by atoms with Crippen molar-refractivity contribution in [2.24, 2.45) is 0 Å². The second-order valence-corrected chi connectivity index (χ2v) is 4.43. The number of carbonyl (C=O) groups excluding carboxylic acids is 1. The topological polar surface area (TPSA) is 35.5 Å². The quantitative estimate of drug-likeness (QED) is 0.562. The lowest BCUT2D eigenvalue weighted by Crippen LogP contribution is -2.32. The van der Waals surface area contributed by atoms with Gasteiger partial charge in [0.2, 0.25) is 12.1 Å². The lowest BCUT2D eigenvalue weighted by Gasteiger charge is -2.21. The number of rotatable bonds is 6. The number of hydrogen-bond acceptors (Lipinski definition) is 3. The first-order valence-electron chi connectivity index (χ1n) is 5.91. The highest BCUT2D eigenvalue weighted by atomic mass is 16.7. The van der Waals surface area contributed by atoms with Gasteiger partial charge in [-0.15, -0.1) is 0 Å². The zero-order chi connectivity index (χ0) is 12.8. The lowest BCUT2D eigenvalue weighted by atomic mass is 10.1. The van der Waals surface area contributed by atoms with Gasteiger partial charge in [0.25, 0.3) is 0 Å². The smallest absolute Gasteiger partial charge is 0.223 e. The van der Waals surface area contributed by atoms with E-state index in [1.807, 2.05) is 45.9 Å². The van der Waals surface area contributed by atoms with Gasteiger partial charge >= 0.3 is 0 Å². The first-order chi connectivity index (χ1) is 8.00. The van der Waals surface area contributed by atoms with Gasteiger partial charge in [-0.2, -0.15) is 0 Å². The van der Waals surface area contributed by atoms with Gasteiger partial charge in [0.1, 0.15) is 0 Å². The minimum atomic E-state index is -0.822. The predicted octanol–water partition coefficient (Wildman–Crippen LogP) is 3.05. The molecule has 0 bridgehead atoms. The summed E-state index contributed by atoms with van der Waals surface area (Å²) in [6.07, 6.45) is -0.921. The van der Waals surface area contributed by atoms with Crippen molar-refractivity contribution in [2.75, 3.05) is 0 Å². The van der Waals surface area contributed by atoms with Crippen LogP contribution in [-0.4, -0.2) is 24.3 Å². The van der Waals surface area contributed by atoms with E-state index in [1.165, 1.54) is 0 Å². The molecule has 0 saturated carbocycles. The number of hydrogen-bond donors (Lipinski definition) is 0. The minimum Gasteiger partial charge on any atom is -0.343 e. The monoisotopic (exact) mass is 236 g/mol. The van der Waals surface area contributed by atoms with Crippen molar-refractivity contribution < 1.29 is 14.3 Å². The highest BCUT2D eigenvalue weighted by Crippen LogP contribution is 2.11. The third-order valence-electron chi connectivity index (χ3n) is 2.06. The number of carbonyl (C=O) groups is 1. The van der Waals surface area contributed by atoms with Gasteiger partial charge in [0.05, 0.1) is 12.2 Å². The average Bonchev–Trinajstić information content (AvgIpc) is 2.27. The van der Waals surface area contributed by atoms with Gasteiger partial charge in [0.15, 0.2) is 0 Å². The van der Waals surface area contributed by atoms with E-state index in [4.69, 9.17) is 9.47 Å². The van der Waals surface area contributed by atoms with E-state index in [9.17, 15) is 4.79 Å². The summed E-state index contributed by atoms with van der Waals surface area (Å²) in [7, 11) is 0. The zero-order valence-corrected chi connectivity index (χ0v) is 10.8. The molecule has 1 aromatic carbocycles. The van der Waals surface area contributed by atoms with Gasteiger partial charge in [-0.3, -0.25) is 4.79 Å². The molecule has 0 fully saturated rings. The summed E-state index contributed by atoms with van der Waals surface area (Å²) >= 11 is 0. The van der Waals surface area contributed by atoms with Crippen LogP contribution in [0.5, 0.6) is 0 Å². The normalized spacial score (nSPS) is 11.5. The SMILES string of the molecule is CC(C)OC(OC(C)C)C(=O)c1ccccc1. The van der Waals surface area contributed by atoms with Crippen LogP contribution in [0.25, 0.3) is 0 Å². The fourth-order valence-corrected chi connectivity index (χ4v) is 1.39. The van der Waals surface area contributed by atoms with Crippen molar-refractivity contribution in [3.63, 3.8) is 0 Å². The Bertz CT molecular complexity index is 334. The Kier molecular flexibility index (Phi) is 5.32. The molecule has 0 aliphatic heterocycles. The molecule has 17 heavy (non-hydrogen) atoms. The molecule has 1 aromatic rings. The van der Waals surface area contributed by atoms with Crippen LogP contribution in [0.2, 0.25) is 0 Å². The zero-order valence-electron chi connectivity index (χ0n) is 10.8. The summed E-state index contributed by atoms with van der Waals surface area (Å²) in [5.41, 5.74) is 0.610. The molecule has 94 valence electrons. The van der Waals surface area contributed by atoms with Crippen LogP contribution in [0.4, 0.5) is 0 Å². The first-order valence-corrected chi connectivity index (χ1v) is 5.91. The Balaban J connectivity index is 2.79. The van der Waals surface area contributed by atoms with Gasteiger partial charge in [0, 0.05) is 5.56 Å². The van der Waals surface area contributed by atoms with Crippen LogP contribution in [0, 0.1) is 0 Å². The van der Waals surface area contributed by atoms with Crippen molar-refractivity contribution in [1.29, 1.82) is 0 Å². The van der Waals surface area contributed by atoms with E-state index in [1.54, 1.807) is 12.1 Å². The largest absolute Gasteiger partial charge is 0.343 e. The van der Waals surface area contributed by atoms with Crippen LogP contribution in [0.1, 0.15) is 38.1 Å². The first kappa shape index (κ1) is 13.9. The van der Waals surface area contributed by atoms with Crippen LogP contribution >= 0.6 is 0 Å². The second-order valence-electron chi connectivity index (χ2n) is 4.43. The van der Waals surface area contributed by atoms with Crippen molar-refractivity contribution in [2.45, 2.75) is 46.2 Å². The molecule has 0 aromatic heterocycles. The molecule has 3 heteroatoms. The van der Waals surface area contributed by atoms with Gasteiger partial charge < -0.3 is 9.47 Å². The van der Waals surface area contributed by atoms with E-state index in [0.717, 1.165) is 0 Å². The molecular weight excluding hydrogens is 216 g/mol. The molecular formula is C14H20O3. The predicted molar refractivity (Wildman–Crippen MR) is 67.0 cm³/mol.